The number of para-hydroxylation sites is 1. The Hall–Kier alpha value is -3.77. The Balaban J connectivity index is 1.38. The van der Waals surface area contributed by atoms with Crippen molar-refractivity contribution in [3.63, 3.8) is 0 Å². The summed E-state index contributed by atoms with van der Waals surface area (Å²) >= 11 is 5.98. The van der Waals surface area contributed by atoms with Gasteiger partial charge in [0.2, 0.25) is 5.76 Å². The van der Waals surface area contributed by atoms with E-state index in [0.717, 1.165) is 27.8 Å². The Bertz CT molecular complexity index is 1420. The number of carbonyl (C=O) groups excluding carboxylic acids is 1. The molecule has 0 aliphatic carbocycles. The molecule has 5 aromatic rings. The lowest BCUT2D eigenvalue weighted by Gasteiger charge is -2.06. The second-order valence-corrected chi connectivity index (χ2v) is 7.39. The van der Waals surface area contributed by atoms with Crippen molar-refractivity contribution in [2.24, 2.45) is 0 Å². The molecular formula is C24H16ClNO5. The smallest absolute Gasteiger partial charge is 0.379 e. The van der Waals surface area contributed by atoms with Crippen LogP contribution in [0.1, 0.15) is 21.8 Å². The summed E-state index contributed by atoms with van der Waals surface area (Å²) in [4.78, 5) is 12.5. The van der Waals surface area contributed by atoms with Gasteiger partial charge in [-0.05, 0) is 42.5 Å². The Kier molecular flexibility index (Phi) is 4.84. The molecular weight excluding hydrogens is 418 g/mol. The third-order valence-corrected chi connectivity index (χ3v) is 5.19. The van der Waals surface area contributed by atoms with Crippen molar-refractivity contribution < 1.29 is 23.2 Å². The van der Waals surface area contributed by atoms with Gasteiger partial charge in [-0.25, -0.2) is 4.79 Å². The minimum Gasteiger partial charge on any atom is -0.496 e. The van der Waals surface area contributed by atoms with Crippen molar-refractivity contribution in [2.75, 3.05) is 7.11 Å². The van der Waals surface area contributed by atoms with E-state index in [0.29, 0.717) is 28.4 Å². The zero-order valence-corrected chi connectivity index (χ0v) is 17.2. The van der Waals surface area contributed by atoms with Gasteiger partial charge in [0.1, 0.15) is 17.1 Å². The molecule has 3 aromatic carbocycles. The summed E-state index contributed by atoms with van der Waals surface area (Å²) in [7, 11) is 1.64. The number of furan rings is 1. The fourth-order valence-corrected chi connectivity index (χ4v) is 3.64. The second kappa shape index (κ2) is 7.81. The van der Waals surface area contributed by atoms with Gasteiger partial charge in [-0.2, -0.15) is 0 Å². The van der Waals surface area contributed by atoms with Gasteiger partial charge < -0.3 is 18.4 Å². The fraction of sp³-hybridized carbons (Fsp3) is 0.0833. The first-order chi connectivity index (χ1) is 15.1. The van der Waals surface area contributed by atoms with Crippen LogP contribution in [0.15, 0.2) is 75.7 Å². The monoisotopic (exact) mass is 433 g/mol. The van der Waals surface area contributed by atoms with E-state index in [-0.39, 0.29) is 5.76 Å². The molecule has 0 saturated heterocycles. The number of carbonyl (C=O) groups is 1. The third kappa shape index (κ3) is 3.73. The second-order valence-electron chi connectivity index (χ2n) is 6.96. The molecule has 0 saturated carbocycles. The molecule has 0 atom stereocenters. The predicted molar refractivity (Wildman–Crippen MR) is 116 cm³/mol. The third-order valence-electron chi connectivity index (χ3n) is 4.96. The van der Waals surface area contributed by atoms with E-state index in [2.05, 4.69) is 5.16 Å². The van der Waals surface area contributed by atoms with Gasteiger partial charge in [-0.3, -0.25) is 0 Å². The van der Waals surface area contributed by atoms with Crippen LogP contribution in [0.4, 0.5) is 0 Å². The lowest BCUT2D eigenvalue weighted by atomic mass is 10.1. The van der Waals surface area contributed by atoms with Crippen molar-refractivity contribution in [2.45, 2.75) is 6.42 Å². The Morgan fingerprint density at radius 1 is 1.03 bits per heavy atom. The lowest BCUT2D eigenvalue weighted by molar-refractivity contribution is 0.0704. The first-order valence-electron chi connectivity index (χ1n) is 9.52. The lowest BCUT2D eigenvalue weighted by Crippen LogP contribution is -2.06. The molecule has 6 nitrogen and oxygen atoms in total. The first-order valence-corrected chi connectivity index (χ1v) is 9.90. The van der Waals surface area contributed by atoms with E-state index in [1.807, 2.05) is 30.3 Å². The van der Waals surface area contributed by atoms with Crippen LogP contribution in [0.25, 0.3) is 21.9 Å². The first kappa shape index (κ1) is 19.2. The number of rotatable bonds is 5. The van der Waals surface area contributed by atoms with Gasteiger partial charge in [0, 0.05) is 33.8 Å². The summed E-state index contributed by atoms with van der Waals surface area (Å²) in [6.07, 6.45) is 0.553. The summed E-state index contributed by atoms with van der Waals surface area (Å²) in [5, 5.41) is 6.31. The van der Waals surface area contributed by atoms with Crippen molar-refractivity contribution in [1.82, 2.24) is 5.16 Å². The number of nitrogens with zero attached hydrogens (tertiary/aromatic N) is 1. The summed E-state index contributed by atoms with van der Waals surface area (Å²) < 4.78 is 21.9. The largest absolute Gasteiger partial charge is 0.496 e. The molecule has 7 heteroatoms. The molecule has 0 fully saturated rings. The molecule has 0 radical (unpaired) electrons. The van der Waals surface area contributed by atoms with Crippen LogP contribution in [0.2, 0.25) is 5.02 Å². The van der Waals surface area contributed by atoms with Crippen molar-refractivity contribution >= 4 is 39.5 Å². The minimum atomic E-state index is -0.611. The number of ether oxygens (including phenoxy) is 2. The standard InChI is InChI=1S/C24H16ClNO5/c1-28-20-5-3-2-4-14(20)11-19-18-8-7-17(13-22(18)31-26-19)29-24(27)23-12-15-10-16(25)6-9-21(15)30-23/h2-10,12-13H,11H2,1H3. The van der Waals surface area contributed by atoms with E-state index < -0.39 is 5.97 Å². The maximum Gasteiger partial charge on any atom is 0.379 e. The summed E-state index contributed by atoms with van der Waals surface area (Å²) in [6.45, 7) is 0. The zero-order chi connectivity index (χ0) is 21.4. The molecule has 0 unspecified atom stereocenters. The summed E-state index contributed by atoms with van der Waals surface area (Å²) in [5.41, 5.74) is 2.85. The topological polar surface area (TPSA) is 74.7 Å². The number of hydrogen-bond acceptors (Lipinski definition) is 6. The number of methoxy groups -OCH3 is 1. The maximum atomic E-state index is 12.5. The van der Waals surface area contributed by atoms with Crippen molar-refractivity contribution in [1.29, 1.82) is 0 Å². The molecule has 2 heterocycles. The highest BCUT2D eigenvalue weighted by molar-refractivity contribution is 6.31. The molecule has 0 bridgehead atoms. The number of hydrogen-bond donors (Lipinski definition) is 0. The van der Waals surface area contributed by atoms with Crippen molar-refractivity contribution in [3.8, 4) is 11.5 Å². The summed E-state index contributed by atoms with van der Waals surface area (Å²) in [6, 6.07) is 19.6. The molecule has 154 valence electrons. The highest BCUT2D eigenvalue weighted by atomic mass is 35.5. The van der Waals surface area contributed by atoms with Crippen LogP contribution in [-0.4, -0.2) is 18.2 Å². The van der Waals surface area contributed by atoms with Crippen molar-refractivity contribution in [3.05, 3.63) is 88.8 Å². The molecule has 0 amide bonds. The molecule has 5 rings (SSSR count). The number of aromatic nitrogens is 1. The van der Waals surface area contributed by atoms with E-state index >= 15 is 0 Å². The number of benzene rings is 3. The van der Waals surface area contributed by atoms with Gasteiger partial charge in [0.15, 0.2) is 5.58 Å². The molecule has 0 aliphatic heterocycles. The average Bonchev–Trinajstić information content (AvgIpc) is 3.38. The number of fused-ring (bicyclic) bond motifs is 2. The van der Waals surface area contributed by atoms with Crippen LogP contribution in [0, 0.1) is 0 Å². The quantitative estimate of drug-likeness (QED) is 0.248. The highest BCUT2D eigenvalue weighted by Gasteiger charge is 2.17. The zero-order valence-electron chi connectivity index (χ0n) is 16.4. The maximum absolute atomic E-state index is 12.5. The van der Waals surface area contributed by atoms with Gasteiger partial charge in [0.05, 0.1) is 12.8 Å². The molecule has 0 aliphatic rings. The minimum absolute atomic E-state index is 0.0896. The molecule has 2 aromatic heterocycles. The van der Waals surface area contributed by atoms with Gasteiger partial charge in [-0.15, -0.1) is 0 Å². The summed E-state index contributed by atoms with van der Waals surface area (Å²) in [5.74, 6) is 0.597. The van der Waals surface area contributed by atoms with E-state index in [1.54, 1.807) is 43.5 Å². The Labute approximate surface area is 181 Å². The van der Waals surface area contributed by atoms with E-state index in [4.69, 9.17) is 30.0 Å². The highest BCUT2D eigenvalue weighted by Crippen LogP contribution is 2.29. The Morgan fingerprint density at radius 3 is 2.77 bits per heavy atom. The molecule has 0 N–H and O–H groups in total. The molecule has 0 spiro atoms. The predicted octanol–water partition coefficient (Wildman–Crippen LogP) is 6.05. The van der Waals surface area contributed by atoms with Gasteiger partial charge in [0.25, 0.3) is 0 Å². The van der Waals surface area contributed by atoms with Gasteiger partial charge >= 0.3 is 5.97 Å². The number of esters is 1. The van der Waals surface area contributed by atoms with Crippen LogP contribution in [0.3, 0.4) is 0 Å². The van der Waals surface area contributed by atoms with Crippen LogP contribution >= 0.6 is 11.6 Å². The SMILES string of the molecule is COc1ccccc1Cc1noc2cc(OC(=O)c3cc4cc(Cl)ccc4o3)ccc12. The van der Waals surface area contributed by atoms with Crippen LogP contribution in [0.5, 0.6) is 11.5 Å². The molecule has 31 heavy (non-hydrogen) atoms. The average molecular weight is 434 g/mol. The van der Waals surface area contributed by atoms with E-state index in [9.17, 15) is 4.79 Å². The van der Waals surface area contributed by atoms with E-state index in [1.165, 1.54) is 0 Å². The van der Waals surface area contributed by atoms with Gasteiger partial charge in [-0.1, -0.05) is 35.0 Å². The van der Waals surface area contributed by atoms with Crippen LogP contribution < -0.4 is 9.47 Å². The normalized spacial score (nSPS) is 11.2. The number of halogens is 1. The fourth-order valence-electron chi connectivity index (χ4n) is 3.46. The van der Waals surface area contributed by atoms with Crippen LogP contribution in [-0.2, 0) is 6.42 Å². The Morgan fingerprint density at radius 2 is 1.90 bits per heavy atom.